The summed E-state index contributed by atoms with van der Waals surface area (Å²) < 4.78 is 10.6. The molecule has 0 fully saturated rings. The van der Waals surface area contributed by atoms with Crippen molar-refractivity contribution < 1.29 is 14.3 Å². The van der Waals surface area contributed by atoms with E-state index in [9.17, 15) is 10.1 Å². The van der Waals surface area contributed by atoms with Crippen molar-refractivity contribution in [2.75, 3.05) is 31.2 Å². The number of nitriles is 1. The molecular formula is C24H23N5O3S. The van der Waals surface area contributed by atoms with Crippen molar-refractivity contribution >= 4 is 38.7 Å². The molecule has 9 heteroatoms. The maximum Gasteiger partial charge on any atom is 0.330 e. The van der Waals surface area contributed by atoms with Crippen LogP contribution in [0.25, 0.3) is 4.85 Å². The van der Waals surface area contributed by atoms with Crippen LogP contribution in [0.5, 0.6) is 0 Å². The number of carbonyl (C=O) groups is 1. The molecule has 0 aliphatic carbocycles. The number of ether oxygens (including phenoxy) is 2. The second-order valence-corrected chi connectivity index (χ2v) is 7.51. The van der Waals surface area contributed by atoms with E-state index in [1.807, 2.05) is 17.0 Å². The number of rotatable bonds is 12. The van der Waals surface area contributed by atoms with Crippen molar-refractivity contribution in [3.8, 4) is 6.07 Å². The van der Waals surface area contributed by atoms with E-state index < -0.39 is 5.97 Å². The molecule has 2 aromatic rings. The van der Waals surface area contributed by atoms with E-state index in [1.54, 1.807) is 19.1 Å². The number of hydrogen-bond acceptors (Lipinski definition) is 8. The van der Waals surface area contributed by atoms with E-state index in [2.05, 4.69) is 40.9 Å². The first-order valence-corrected chi connectivity index (χ1v) is 10.7. The standard InChI is InChI=1S/C24H23N5O3S/c1-6-17(3)31-14-12-29(13-15-32-22(30)7-2)20-10-8-19(9-11-20)27-28-24-21(16-25)18(4)23(26-5)33-24/h6-11H,1-3,12-15H2,4H3. The van der Waals surface area contributed by atoms with E-state index in [0.29, 0.717) is 52.3 Å². The highest BCUT2D eigenvalue weighted by molar-refractivity contribution is 7.20. The number of esters is 1. The van der Waals surface area contributed by atoms with Gasteiger partial charge in [-0.25, -0.2) is 9.64 Å². The lowest BCUT2D eigenvalue weighted by Crippen LogP contribution is -2.31. The molecule has 0 bridgehead atoms. The fraction of sp³-hybridized carbons (Fsp3) is 0.208. The summed E-state index contributed by atoms with van der Waals surface area (Å²) >= 11 is 1.14. The third-order valence-corrected chi connectivity index (χ3v) is 5.51. The quantitative estimate of drug-likeness (QED) is 0.0944. The van der Waals surface area contributed by atoms with Gasteiger partial charge in [0.05, 0.1) is 30.9 Å². The molecule has 0 radical (unpaired) electrons. The molecule has 0 saturated carbocycles. The minimum Gasteiger partial charge on any atom is -0.492 e. The van der Waals surface area contributed by atoms with Crippen LogP contribution in [-0.2, 0) is 14.3 Å². The van der Waals surface area contributed by atoms with Gasteiger partial charge in [0.1, 0.15) is 30.0 Å². The highest BCUT2D eigenvalue weighted by Gasteiger charge is 2.14. The van der Waals surface area contributed by atoms with Crippen molar-refractivity contribution in [3.05, 3.63) is 84.5 Å². The Hall–Kier alpha value is -4.21. The van der Waals surface area contributed by atoms with Gasteiger partial charge in [-0.3, -0.25) is 0 Å². The maximum absolute atomic E-state index is 11.3. The first-order valence-electron chi connectivity index (χ1n) is 9.84. The SMILES string of the molecule is [C-]#[N+]c1sc(N=Nc2ccc(N(CCOC(=C)C=C)CCOC(=O)C=C)cc2)c(C#N)c1C. The third kappa shape index (κ3) is 7.17. The Labute approximate surface area is 197 Å². The maximum atomic E-state index is 11.3. The van der Waals surface area contributed by atoms with E-state index in [1.165, 1.54) is 6.08 Å². The Morgan fingerprint density at radius 2 is 1.88 bits per heavy atom. The summed E-state index contributed by atoms with van der Waals surface area (Å²) in [5.41, 5.74) is 2.45. The van der Waals surface area contributed by atoms with Crippen molar-refractivity contribution in [1.82, 2.24) is 0 Å². The number of carbonyl (C=O) groups excluding carboxylic acids is 1. The number of benzene rings is 1. The fourth-order valence-electron chi connectivity index (χ4n) is 2.66. The molecule has 33 heavy (non-hydrogen) atoms. The van der Waals surface area contributed by atoms with Crippen molar-refractivity contribution in [2.45, 2.75) is 6.92 Å². The van der Waals surface area contributed by atoms with Crippen molar-refractivity contribution in [1.29, 1.82) is 5.26 Å². The molecule has 2 rings (SSSR count). The van der Waals surface area contributed by atoms with Gasteiger partial charge in [0, 0.05) is 11.8 Å². The summed E-state index contributed by atoms with van der Waals surface area (Å²) in [4.78, 5) is 16.7. The van der Waals surface area contributed by atoms with Crippen LogP contribution < -0.4 is 4.90 Å². The van der Waals surface area contributed by atoms with Crippen LogP contribution in [0.2, 0.25) is 0 Å². The highest BCUT2D eigenvalue weighted by atomic mass is 32.1. The van der Waals surface area contributed by atoms with Gasteiger partial charge < -0.3 is 14.4 Å². The van der Waals surface area contributed by atoms with Crippen LogP contribution >= 0.6 is 11.3 Å². The average molecular weight is 462 g/mol. The first-order chi connectivity index (χ1) is 15.9. The summed E-state index contributed by atoms with van der Waals surface area (Å²) in [5, 5.41) is 18.5. The molecule has 0 atom stereocenters. The summed E-state index contributed by atoms with van der Waals surface area (Å²) in [5.74, 6) is -0.00496. The largest absolute Gasteiger partial charge is 0.492 e. The Morgan fingerprint density at radius 3 is 2.45 bits per heavy atom. The lowest BCUT2D eigenvalue weighted by Gasteiger charge is -2.24. The summed E-state index contributed by atoms with van der Waals surface area (Å²) in [6.45, 7) is 21.2. The normalized spacial score (nSPS) is 10.2. The predicted octanol–water partition coefficient (Wildman–Crippen LogP) is 6.15. The monoisotopic (exact) mass is 461 g/mol. The molecule has 0 amide bonds. The lowest BCUT2D eigenvalue weighted by atomic mass is 10.2. The Morgan fingerprint density at radius 1 is 1.21 bits per heavy atom. The van der Waals surface area contributed by atoms with Crippen LogP contribution in [0.3, 0.4) is 0 Å². The van der Waals surface area contributed by atoms with Gasteiger partial charge >= 0.3 is 5.97 Å². The Bertz CT molecular complexity index is 1110. The molecular weight excluding hydrogens is 438 g/mol. The molecule has 0 aliphatic rings. The van der Waals surface area contributed by atoms with Gasteiger partial charge in [-0.05, 0) is 42.8 Å². The smallest absolute Gasteiger partial charge is 0.330 e. The molecule has 1 aromatic heterocycles. The zero-order valence-corrected chi connectivity index (χ0v) is 19.1. The van der Waals surface area contributed by atoms with Crippen LogP contribution in [0.4, 0.5) is 21.4 Å². The number of hydrogen-bond donors (Lipinski definition) is 0. The molecule has 1 heterocycles. The molecule has 8 nitrogen and oxygen atoms in total. The summed E-state index contributed by atoms with van der Waals surface area (Å²) in [6.07, 6.45) is 2.65. The van der Waals surface area contributed by atoms with Gasteiger partial charge in [-0.15, -0.1) is 21.6 Å². The second-order valence-electron chi connectivity index (χ2n) is 6.53. The van der Waals surface area contributed by atoms with Crippen LogP contribution in [-0.4, -0.2) is 32.3 Å². The topological polar surface area (TPSA) is 91.6 Å². The number of thiophene rings is 1. The van der Waals surface area contributed by atoms with Crippen LogP contribution in [0, 0.1) is 24.8 Å². The fourth-order valence-corrected chi connectivity index (χ4v) is 3.53. The summed E-state index contributed by atoms with van der Waals surface area (Å²) in [7, 11) is 0. The van der Waals surface area contributed by atoms with Gasteiger partial charge in [-0.1, -0.05) is 19.7 Å². The van der Waals surface area contributed by atoms with E-state index in [0.717, 1.165) is 23.1 Å². The predicted molar refractivity (Wildman–Crippen MR) is 129 cm³/mol. The molecule has 0 N–H and O–H groups in total. The minimum absolute atomic E-state index is 0.187. The number of allylic oxidation sites excluding steroid dienone is 1. The van der Waals surface area contributed by atoms with E-state index in [-0.39, 0.29) is 6.61 Å². The van der Waals surface area contributed by atoms with Gasteiger partial charge in [0.15, 0.2) is 0 Å². The van der Waals surface area contributed by atoms with Gasteiger partial charge in [0.2, 0.25) is 5.00 Å². The Balaban J connectivity index is 2.13. The zero-order valence-electron chi connectivity index (χ0n) is 18.3. The van der Waals surface area contributed by atoms with Gasteiger partial charge in [-0.2, -0.15) is 5.26 Å². The molecule has 0 saturated heterocycles. The van der Waals surface area contributed by atoms with E-state index >= 15 is 0 Å². The first kappa shape index (κ1) is 25.1. The molecule has 1 aromatic carbocycles. The second kappa shape index (κ2) is 12.6. The highest BCUT2D eigenvalue weighted by Crippen LogP contribution is 2.41. The molecule has 0 aliphatic heterocycles. The number of anilines is 1. The molecule has 0 spiro atoms. The zero-order chi connectivity index (χ0) is 24.2. The number of nitrogens with zero attached hydrogens (tertiary/aromatic N) is 5. The molecule has 0 unspecified atom stereocenters. The average Bonchev–Trinajstić information content (AvgIpc) is 3.15. The van der Waals surface area contributed by atoms with E-state index in [4.69, 9.17) is 16.0 Å². The van der Waals surface area contributed by atoms with Crippen molar-refractivity contribution in [3.63, 3.8) is 0 Å². The number of azo groups is 1. The Kier molecular flexibility index (Phi) is 9.56. The lowest BCUT2D eigenvalue weighted by molar-refractivity contribution is -0.137. The van der Waals surface area contributed by atoms with Crippen LogP contribution in [0.15, 0.2) is 72.1 Å². The summed E-state index contributed by atoms with van der Waals surface area (Å²) in [6, 6.07) is 9.38. The minimum atomic E-state index is -0.482. The van der Waals surface area contributed by atoms with Crippen LogP contribution in [0.1, 0.15) is 11.1 Å². The third-order valence-electron chi connectivity index (χ3n) is 4.44. The van der Waals surface area contributed by atoms with Crippen molar-refractivity contribution in [2.24, 2.45) is 10.2 Å². The van der Waals surface area contributed by atoms with Gasteiger partial charge in [0.25, 0.3) is 0 Å². The molecule has 168 valence electrons.